The summed E-state index contributed by atoms with van der Waals surface area (Å²) in [7, 11) is -11.5. The summed E-state index contributed by atoms with van der Waals surface area (Å²) in [5.74, 6) is 0.963. The highest BCUT2D eigenvalue weighted by molar-refractivity contribution is 7.92. The molecule has 3 heterocycles. The normalized spacial score (nSPS) is 21.1. The Balaban J connectivity index is 1.17. The van der Waals surface area contributed by atoms with Gasteiger partial charge in [-0.25, -0.2) is 8.42 Å². The van der Waals surface area contributed by atoms with Gasteiger partial charge in [0, 0.05) is 22.3 Å². The minimum absolute atomic E-state index is 0.0379. The second-order valence-electron chi connectivity index (χ2n) is 11.2. The van der Waals surface area contributed by atoms with Crippen molar-refractivity contribution in [3.05, 3.63) is 133 Å². The molecule has 6 aromatic rings. The predicted molar refractivity (Wildman–Crippen MR) is 176 cm³/mol. The maximum absolute atomic E-state index is 14.8. The molecule has 9 rings (SSSR count). The molecule has 0 amide bonds. The van der Waals surface area contributed by atoms with E-state index in [4.69, 9.17) is 9.05 Å². The molecule has 45 heavy (non-hydrogen) atoms. The third-order valence-electron chi connectivity index (χ3n) is 8.73. The van der Waals surface area contributed by atoms with E-state index >= 15 is 0 Å². The van der Waals surface area contributed by atoms with Crippen molar-refractivity contribution >= 4 is 45.8 Å². The van der Waals surface area contributed by atoms with Gasteiger partial charge in [0.15, 0.2) is 0 Å². The van der Waals surface area contributed by atoms with Crippen molar-refractivity contribution in [1.82, 2.24) is 0 Å². The molecule has 3 aliphatic rings. The van der Waals surface area contributed by atoms with Crippen LogP contribution in [0.4, 0.5) is 0 Å². The monoisotopic (exact) mass is 644 g/mol. The SMILES string of the molecule is O=P1(c2ccc3c(c2)S(=O)(=O)c2cc(P4(=O)Oc5ccccc5-c5ccccc54)ccc2-3)Oc2ccccc2-c2ccccc21. The molecule has 0 saturated carbocycles. The molecule has 2 unspecified atom stereocenters. The molecule has 6 aromatic carbocycles. The molecule has 0 aliphatic carbocycles. The van der Waals surface area contributed by atoms with Crippen LogP contribution in [0.3, 0.4) is 0 Å². The molecule has 2 atom stereocenters. The molecule has 9 heteroatoms. The first kappa shape index (κ1) is 26.7. The number of hydrogen-bond acceptors (Lipinski definition) is 6. The third-order valence-corrected chi connectivity index (χ3v) is 15.4. The van der Waals surface area contributed by atoms with Crippen LogP contribution in [0.2, 0.25) is 0 Å². The first-order valence-corrected chi connectivity index (χ1v) is 19.0. The van der Waals surface area contributed by atoms with Gasteiger partial charge >= 0.3 is 14.7 Å². The summed E-state index contributed by atoms with van der Waals surface area (Å²) in [5.41, 5.74) is 4.22. The van der Waals surface area contributed by atoms with Crippen molar-refractivity contribution in [3.8, 4) is 44.9 Å². The minimum Gasteiger partial charge on any atom is -0.436 e. The Bertz CT molecular complexity index is 2320. The zero-order chi connectivity index (χ0) is 30.6. The van der Waals surface area contributed by atoms with Crippen LogP contribution in [0.1, 0.15) is 0 Å². The van der Waals surface area contributed by atoms with Gasteiger partial charge in [0.05, 0.1) is 31.0 Å². The van der Waals surface area contributed by atoms with Crippen molar-refractivity contribution in [1.29, 1.82) is 0 Å². The fourth-order valence-electron chi connectivity index (χ4n) is 6.61. The van der Waals surface area contributed by atoms with Gasteiger partial charge in [-0.05, 0) is 59.7 Å². The van der Waals surface area contributed by atoms with Crippen LogP contribution in [-0.4, -0.2) is 8.42 Å². The molecular weight excluding hydrogens is 622 g/mol. The Hall–Kier alpha value is -4.67. The van der Waals surface area contributed by atoms with Crippen molar-refractivity contribution < 1.29 is 26.6 Å². The lowest BCUT2D eigenvalue weighted by Crippen LogP contribution is -2.25. The lowest BCUT2D eigenvalue weighted by Gasteiger charge is -2.29. The minimum atomic E-state index is -4.07. The van der Waals surface area contributed by atoms with Crippen LogP contribution >= 0.6 is 14.7 Å². The third kappa shape index (κ3) is 3.60. The number of sulfone groups is 1. The van der Waals surface area contributed by atoms with Gasteiger partial charge in [0.2, 0.25) is 9.84 Å². The fourth-order valence-corrected chi connectivity index (χ4v) is 13.1. The van der Waals surface area contributed by atoms with Gasteiger partial charge in [0.25, 0.3) is 0 Å². The van der Waals surface area contributed by atoms with Crippen LogP contribution in [0.15, 0.2) is 143 Å². The summed E-state index contributed by atoms with van der Waals surface area (Å²) in [6, 6.07) is 39.2. The molecule has 0 fully saturated rings. The molecule has 0 N–H and O–H groups in total. The highest BCUT2D eigenvalue weighted by Crippen LogP contribution is 2.57. The lowest BCUT2D eigenvalue weighted by molar-refractivity contribution is 0.500. The van der Waals surface area contributed by atoms with Crippen LogP contribution in [0.5, 0.6) is 11.5 Å². The largest absolute Gasteiger partial charge is 0.436 e. The smallest absolute Gasteiger partial charge is 0.307 e. The van der Waals surface area contributed by atoms with E-state index < -0.39 is 24.6 Å². The Labute approximate surface area is 259 Å². The Morgan fingerprint density at radius 1 is 0.422 bits per heavy atom. The zero-order valence-electron chi connectivity index (χ0n) is 23.5. The summed E-state index contributed by atoms with van der Waals surface area (Å²) in [5, 5.41) is 1.61. The molecule has 0 bridgehead atoms. The van der Waals surface area contributed by atoms with Crippen LogP contribution < -0.4 is 30.3 Å². The van der Waals surface area contributed by atoms with Gasteiger partial charge < -0.3 is 9.05 Å². The quantitative estimate of drug-likeness (QED) is 0.187. The zero-order valence-corrected chi connectivity index (χ0v) is 26.1. The van der Waals surface area contributed by atoms with Gasteiger partial charge in [-0.15, -0.1) is 0 Å². The Kier molecular flexibility index (Phi) is 5.45. The first-order chi connectivity index (χ1) is 21.8. The number of hydrogen-bond donors (Lipinski definition) is 0. The van der Waals surface area contributed by atoms with Gasteiger partial charge in [-0.2, -0.15) is 0 Å². The lowest BCUT2D eigenvalue weighted by atomic mass is 10.0. The van der Waals surface area contributed by atoms with E-state index in [1.807, 2.05) is 60.7 Å². The van der Waals surface area contributed by atoms with Crippen molar-refractivity contribution in [3.63, 3.8) is 0 Å². The van der Waals surface area contributed by atoms with Crippen LogP contribution in [0, 0.1) is 0 Å². The highest BCUT2D eigenvalue weighted by atomic mass is 32.2. The second kappa shape index (κ2) is 9.18. The standard InChI is InChI=1S/C36H22O6P2S/c37-43(33-15-7-3-11-27(33)25-9-1-5-13-31(25)41-43)23-17-19-29-30-20-18-24(22-36(30)45(39,40)35(29)21-23)44(38)34-16-8-4-12-28(34)26-10-2-6-14-32(26)42-44/h1-22H. The maximum atomic E-state index is 14.8. The van der Waals surface area contributed by atoms with Crippen molar-refractivity contribution in [2.24, 2.45) is 0 Å². The number of benzene rings is 6. The first-order valence-electron chi connectivity index (χ1n) is 14.3. The van der Waals surface area contributed by atoms with Crippen molar-refractivity contribution in [2.75, 3.05) is 0 Å². The van der Waals surface area contributed by atoms with Crippen LogP contribution in [0.25, 0.3) is 33.4 Å². The average molecular weight is 645 g/mol. The van der Waals surface area contributed by atoms with Gasteiger partial charge in [0.1, 0.15) is 11.5 Å². The number of rotatable bonds is 2. The topological polar surface area (TPSA) is 86.7 Å². The van der Waals surface area contributed by atoms with E-state index in [1.54, 1.807) is 60.7 Å². The molecule has 0 radical (unpaired) electrons. The van der Waals surface area contributed by atoms with E-state index in [2.05, 4.69) is 0 Å². The Morgan fingerprint density at radius 3 is 1.24 bits per heavy atom. The highest BCUT2D eigenvalue weighted by Gasteiger charge is 2.43. The summed E-state index contributed by atoms with van der Waals surface area (Å²) in [6.07, 6.45) is 0. The summed E-state index contributed by atoms with van der Waals surface area (Å²) in [6.45, 7) is 0. The van der Waals surface area contributed by atoms with Crippen LogP contribution in [-0.2, 0) is 19.0 Å². The van der Waals surface area contributed by atoms with Crippen molar-refractivity contribution in [2.45, 2.75) is 9.79 Å². The maximum Gasteiger partial charge on any atom is 0.307 e. The molecule has 0 spiro atoms. The second-order valence-corrected chi connectivity index (χ2v) is 17.6. The molecule has 218 valence electrons. The summed E-state index contributed by atoms with van der Waals surface area (Å²) < 4.78 is 70.3. The molecule has 0 aromatic heterocycles. The molecule has 0 saturated heterocycles. The average Bonchev–Trinajstić information content (AvgIpc) is 3.30. The fraction of sp³-hybridized carbons (Fsp3) is 0. The van der Waals surface area contributed by atoms with E-state index in [0.29, 0.717) is 33.2 Å². The van der Waals surface area contributed by atoms with E-state index in [-0.39, 0.29) is 20.4 Å². The van der Waals surface area contributed by atoms with Gasteiger partial charge in [-0.3, -0.25) is 9.13 Å². The number of para-hydroxylation sites is 2. The molecular formula is C36H22O6P2S. The Morgan fingerprint density at radius 2 is 0.800 bits per heavy atom. The van der Waals surface area contributed by atoms with E-state index in [9.17, 15) is 17.5 Å². The predicted octanol–water partition coefficient (Wildman–Crippen LogP) is 7.08. The molecule has 3 aliphatic heterocycles. The van der Waals surface area contributed by atoms with E-state index in [0.717, 1.165) is 22.3 Å². The molecule has 6 nitrogen and oxygen atoms in total. The summed E-state index contributed by atoms with van der Waals surface area (Å²) in [4.78, 5) is 0.0758. The van der Waals surface area contributed by atoms with Gasteiger partial charge in [-0.1, -0.05) is 84.9 Å². The number of fused-ring (bicyclic) bond motifs is 9. The summed E-state index contributed by atoms with van der Waals surface area (Å²) >= 11 is 0. The van der Waals surface area contributed by atoms with E-state index in [1.165, 1.54) is 12.1 Å².